The Kier molecular flexibility index (Phi) is 3.75. The fraction of sp³-hybridized carbons (Fsp3) is 1.00. The summed E-state index contributed by atoms with van der Waals surface area (Å²) in [5.41, 5.74) is 0. The van der Waals surface area contributed by atoms with Gasteiger partial charge in [0.1, 0.15) is 0 Å². The van der Waals surface area contributed by atoms with E-state index in [0.717, 1.165) is 17.2 Å². The maximum Gasteiger partial charge on any atom is 0.0224 e. The molecule has 0 aromatic rings. The second-order valence-corrected chi connectivity index (χ2v) is 7.05. The third kappa shape index (κ3) is 2.57. The molecule has 4 heterocycles. The zero-order valence-corrected chi connectivity index (χ0v) is 11.0. The molecule has 2 nitrogen and oxygen atoms in total. The van der Waals surface area contributed by atoms with Crippen LogP contribution in [0.15, 0.2) is 0 Å². The monoisotopic (exact) mass is 240 g/mol. The number of nitrogens with one attached hydrogen (secondary N) is 1. The van der Waals surface area contributed by atoms with Gasteiger partial charge in [-0.3, -0.25) is 0 Å². The molecule has 4 saturated heterocycles. The summed E-state index contributed by atoms with van der Waals surface area (Å²) in [5, 5.41) is 4.77. The molecule has 0 radical (unpaired) electrons. The van der Waals surface area contributed by atoms with Crippen molar-refractivity contribution in [2.75, 3.05) is 31.9 Å². The van der Waals surface area contributed by atoms with Crippen LogP contribution in [0.1, 0.15) is 32.1 Å². The summed E-state index contributed by atoms with van der Waals surface area (Å²) in [6, 6.07) is 0.810. The molecule has 92 valence electrons. The van der Waals surface area contributed by atoms with Gasteiger partial charge in [0.15, 0.2) is 0 Å². The van der Waals surface area contributed by atoms with Gasteiger partial charge in [0, 0.05) is 24.4 Å². The van der Waals surface area contributed by atoms with Crippen molar-refractivity contribution in [2.45, 2.75) is 43.4 Å². The van der Waals surface area contributed by atoms with Gasteiger partial charge in [0.25, 0.3) is 0 Å². The number of piperidine rings is 3. The van der Waals surface area contributed by atoms with E-state index in [0.29, 0.717) is 0 Å². The van der Waals surface area contributed by atoms with Crippen LogP contribution in [0, 0.1) is 5.92 Å². The van der Waals surface area contributed by atoms with Gasteiger partial charge >= 0.3 is 0 Å². The molecule has 2 atom stereocenters. The van der Waals surface area contributed by atoms with Crippen LogP contribution in [0.4, 0.5) is 0 Å². The number of hydrogen-bond acceptors (Lipinski definition) is 3. The summed E-state index contributed by atoms with van der Waals surface area (Å²) in [6.07, 6.45) is 7.23. The van der Waals surface area contributed by atoms with Crippen LogP contribution < -0.4 is 5.32 Å². The van der Waals surface area contributed by atoms with Crippen LogP contribution >= 0.6 is 11.8 Å². The lowest BCUT2D eigenvalue weighted by Gasteiger charge is -2.45. The Labute approximate surface area is 104 Å². The van der Waals surface area contributed by atoms with Crippen molar-refractivity contribution in [1.82, 2.24) is 10.2 Å². The predicted molar refractivity (Wildman–Crippen MR) is 71.1 cm³/mol. The third-order valence-corrected chi connectivity index (χ3v) is 5.94. The first-order valence-corrected chi connectivity index (χ1v) is 8.04. The summed E-state index contributed by atoms with van der Waals surface area (Å²) < 4.78 is 0. The highest BCUT2D eigenvalue weighted by Crippen LogP contribution is 2.29. The lowest BCUT2D eigenvalue weighted by molar-refractivity contribution is 0.0729. The fourth-order valence-corrected chi connectivity index (χ4v) is 4.70. The van der Waals surface area contributed by atoms with Crippen molar-refractivity contribution in [3.05, 3.63) is 0 Å². The van der Waals surface area contributed by atoms with Crippen molar-refractivity contribution >= 4 is 11.8 Å². The van der Waals surface area contributed by atoms with Gasteiger partial charge in [-0.25, -0.2) is 0 Å². The molecule has 3 heteroatoms. The maximum atomic E-state index is 3.86. The quantitative estimate of drug-likeness (QED) is 0.812. The minimum Gasteiger partial charge on any atom is -0.311 e. The van der Waals surface area contributed by atoms with E-state index in [-0.39, 0.29) is 0 Å². The van der Waals surface area contributed by atoms with Crippen molar-refractivity contribution < 1.29 is 0 Å². The van der Waals surface area contributed by atoms with E-state index in [1.807, 2.05) is 0 Å². The largest absolute Gasteiger partial charge is 0.311 e. The van der Waals surface area contributed by atoms with Gasteiger partial charge in [0.2, 0.25) is 0 Å². The fourth-order valence-electron chi connectivity index (χ4n) is 3.45. The zero-order valence-electron chi connectivity index (χ0n) is 10.2. The molecule has 0 aromatic carbocycles. The number of fused-ring (bicyclic) bond motifs is 3. The van der Waals surface area contributed by atoms with E-state index in [2.05, 4.69) is 22.0 Å². The van der Waals surface area contributed by atoms with Gasteiger partial charge in [-0.15, -0.1) is 0 Å². The van der Waals surface area contributed by atoms with Gasteiger partial charge < -0.3 is 10.2 Å². The molecule has 2 unspecified atom stereocenters. The highest BCUT2D eigenvalue weighted by Gasteiger charge is 2.33. The summed E-state index contributed by atoms with van der Waals surface area (Å²) in [7, 11) is 0. The lowest BCUT2D eigenvalue weighted by atomic mass is 9.84. The molecule has 0 aliphatic carbocycles. The van der Waals surface area contributed by atoms with Crippen LogP contribution in [-0.2, 0) is 0 Å². The van der Waals surface area contributed by atoms with E-state index in [1.165, 1.54) is 64.0 Å². The average molecular weight is 240 g/mol. The molecule has 4 rings (SSSR count). The first-order valence-electron chi connectivity index (χ1n) is 6.99. The van der Waals surface area contributed by atoms with Crippen molar-refractivity contribution in [3.63, 3.8) is 0 Å². The summed E-state index contributed by atoms with van der Waals surface area (Å²) in [5.74, 6) is 2.38. The Balaban J connectivity index is 1.44. The highest BCUT2D eigenvalue weighted by atomic mass is 32.2. The van der Waals surface area contributed by atoms with Crippen LogP contribution in [0.25, 0.3) is 0 Å². The van der Waals surface area contributed by atoms with Gasteiger partial charge in [-0.1, -0.05) is 6.42 Å². The number of thioether (sulfide) groups is 1. The SMILES string of the molecule is C1CCC(CNC2CN3CCC2CC3)SC1. The molecule has 0 saturated carbocycles. The van der Waals surface area contributed by atoms with Crippen molar-refractivity contribution in [1.29, 1.82) is 0 Å². The predicted octanol–water partition coefficient (Wildman–Crippen LogP) is 1.96. The number of nitrogens with zero attached hydrogens (tertiary/aromatic N) is 1. The second-order valence-electron chi connectivity index (χ2n) is 5.64. The van der Waals surface area contributed by atoms with Crippen molar-refractivity contribution in [2.24, 2.45) is 5.92 Å². The molecule has 1 N–H and O–H groups in total. The minimum absolute atomic E-state index is 0.810. The second kappa shape index (κ2) is 5.28. The van der Waals surface area contributed by atoms with Gasteiger partial charge in [-0.2, -0.15) is 11.8 Å². The zero-order chi connectivity index (χ0) is 10.8. The molecular formula is C13H24N2S. The average Bonchev–Trinajstić information content (AvgIpc) is 2.39. The maximum absolute atomic E-state index is 3.86. The Hall–Kier alpha value is 0.270. The molecule has 2 bridgehead atoms. The van der Waals surface area contributed by atoms with E-state index in [1.54, 1.807) is 0 Å². The standard InChI is InChI=1S/C13H24N2S/c1-2-8-16-12(3-1)9-14-13-10-15-6-4-11(13)5-7-15/h11-14H,1-10H2. The smallest absolute Gasteiger partial charge is 0.0224 e. The molecule has 4 fully saturated rings. The molecule has 0 spiro atoms. The lowest BCUT2D eigenvalue weighted by Crippen LogP contribution is -2.56. The van der Waals surface area contributed by atoms with Crippen molar-refractivity contribution in [3.8, 4) is 0 Å². The van der Waals surface area contributed by atoms with Crippen LogP contribution in [0.2, 0.25) is 0 Å². The Morgan fingerprint density at radius 1 is 1.12 bits per heavy atom. The summed E-state index contributed by atoms with van der Waals surface area (Å²) in [6.45, 7) is 5.31. The van der Waals surface area contributed by atoms with Crippen LogP contribution in [0.3, 0.4) is 0 Å². The van der Waals surface area contributed by atoms with Gasteiger partial charge in [0.05, 0.1) is 0 Å². The Morgan fingerprint density at radius 2 is 2.00 bits per heavy atom. The minimum atomic E-state index is 0.810. The van der Waals surface area contributed by atoms with Crippen LogP contribution in [-0.4, -0.2) is 48.1 Å². The molecule has 4 aliphatic heterocycles. The molecule has 0 amide bonds. The molecule has 4 aliphatic rings. The molecule has 16 heavy (non-hydrogen) atoms. The first-order chi connectivity index (χ1) is 7.92. The topological polar surface area (TPSA) is 15.3 Å². The Bertz CT molecular complexity index is 220. The van der Waals surface area contributed by atoms with Crippen LogP contribution in [0.5, 0.6) is 0 Å². The van der Waals surface area contributed by atoms with E-state index >= 15 is 0 Å². The number of hydrogen-bond donors (Lipinski definition) is 1. The molecular weight excluding hydrogens is 216 g/mol. The van der Waals surface area contributed by atoms with Gasteiger partial charge in [-0.05, 0) is 50.4 Å². The van der Waals surface area contributed by atoms with E-state index in [9.17, 15) is 0 Å². The molecule has 0 aromatic heterocycles. The first kappa shape index (κ1) is 11.4. The third-order valence-electron chi connectivity index (χ3n) is 4.54. The normalized spacial score (nSPS) is 43.5. The van der Waals surface area contributed by atoms with E-state index < -0.39 is 0 Å². The highest BCUT2D eigenvalue weighted by molar-refractivity contribution is 7.99. The Morgan fingerprint density at radius 3 is 2.62 bits per heavy atom. The summed E-state index contributed by atoms with van der Waals surface area (Å²) in [4.78, 5) is 2.64. The van der Waals surface area contributed by atoms with E-state index in [4.69, 9.17) is 0 Å². The summed E-state index contributed by atoms with van der Waals surface area (Å²) >= 11 is 2.20. The number of rotatable bonds is 3.